The van der Waals surface area contributed by atoms with Crippen LogP contribution in [0, 0.1) is 5.82 Å². The molecule has 0 fully saturated rings. The summed E-state index contributed by atoms with van der Waals surface area (Å²) in [6, 6.07) is 2.48. The summed E-state index contributed by atoms with van der Waals surface area (Å²) < 4.78 is 42.8. The monoisotopic (exact) mass is 415 g/mol. The molecular formula is C18H24F3N5OS. The highest BCUT2D eigenvalue weighted by Crippen LogP contribution is 2.51. The van der Waals surface area contributed by atoms with Crippen molar-refractivity contribution >= 4 is 23.4 Å². The Kier molecular flexibility index (Phi) is 5.68. The number of primary amides is 1. The lowest BCUT2D eigenvalue weighted by atomic mass is 9.99. The number of carbonyl (C=O) groups is 1. The number of carbonyl (C=O) groups excluding carboxylic acids is 1. The highest BCUT2D eigenvalue weighted by molar-refractivity contribution is 8.05. The van der Waals surface area contributed by atoms with Gasteiger partial charge in [-0.15, -0.1) is 0 Å². The van der Waals surface area contributed by atoms with E-state index >= 15 is 0 Å². The number of fused-ring (bicyclic) bond motifs is 1. The van der Waals surface area contributed by atoms with Crippen molar-refractivity contribution < 1.29 is 18.0 Å². The Morgan fingerprint density at radius 2 is 1.96 bits per heavy atom. The predicted octanol–water partition coefficient (Wildman–Crippen LogP) is 1.94. The van der Waals surface area contributed by atoms with E-state index in [0.717, 1.165) is 11.8 Å². The molecule has 5 N–H and O–H groups in total. The molecule has 0 saturated heterocycles. The summed E-state index contributed by atoms with van der Waals surface area (Å²) in [7, 11) is 5.17. The Balaban J connectivity index is 2.28. The molecule has 6 nitrogen and oxygen atoms in total. The third-order valence-electron chi connectivity index (χ3n) is 5.49. The van der Waals surface area contributed by atoms with E-state index < -0.39 is 34.9 Å². The fourth-order valence-corrected chi connectivity index (χ4v) is 5.32. The average molecular weight is 415 g/mol. The number of halogens is 3. The first-order chi connectivity index (χ1) is 13.2. The molecule has 0 saturated carbocycles. The van der Waals surface area contributed by atoms with Gasteiger partial charge in [-0.2, -0.15) is 0 Å². The molecular weight excluding hydrogens is 391 g/mol. The SMILES string of the molecule is CNC1CC(NC)(NC)c2c(F)ccc(N3C(C(F)F)=C(C(N)=O)SC3C)c21. The second kappa shape index (κ2) is 7.58. The van der Waals surface area contributed by atoms with Gasteiger partial charge in [0.05, 0.1) is 15.9 Å². The number of rotatable bonds is 6. The molecule has 2 unspecified atom stereocenters. The van der Waals surface area contributed by atoms with Gasteiger partial charge in [-0.05, 0) is 40.2 Å². The third kappa shape index (κ3) is 2.99. The Bertz CT molecular complexity index is 828. The number of allylic oxidation sites excluding steroid dienone is 1. The Morgan fingerprint density at radius 3 is 2.46 bits per heavy atom. The normalized spacial score (nSPS) is 23.6. The van der Waals surface area contributed by atoms with Crippen molar-refractivity contribution in [2.24, 2.45) is 5.73 Å². The van der Waals surface area contributed by atoms with Crippen LogP contribution >= 0.6 is 11.8 Å². The van der Waals surface area contributed by atoms with Gasteiger partial charge >= 0.3 is 0 Å². The summed E-state index contributed by atoms with van der Waals surface area (Å²) >= 11 is 0.988. The molecule has 1 aliphatic carbocycles. The summed E-state index contributed by atoms with van der Waals surface area (Å²) in [6.45, 7) is 1.71. The summed E-state index contributed by atoms with van der Waals surface area (Å²) in [6.07, 6.45) is -2.42. The lowest BCUT2D eigenvalue weighted by Gasteiger charge is -2.32. The van der Waals surface area contributed by atoms with Crippen LogP contribution in [-0.4, -0.2) is 38.8 Å². The third-order valence-corrected chi connectivity index (χ3v) is 6.69. The maximum Gasteiger partial charge on any atom is 0.279 e. The van der Waals surface area contributed by atoms with Crippen molar-refractivity contribution in [3.05, 3.63) is 39.7 Å². The van der Waals surface area contributed by atoms with Gasteiger partial charge in [-0.1, -0.05) is 11.8 Å². The highest BCUT2D eigenvalue weighted by Gasteiger charge is 2.48. The van der Waals surface area contributed by atoms with E-state index in [4.69, 9.17) is 5.73 Å². The van der Waals surface area contributed by atoms with Gasteiger partial charge in [-0.3, -0.25) is 15.4 Å². The van der Waals surface area contributed by atoms with Crippen LogP contribution < -0.4 is 26.6 Å². The smallest absolute Gasteiger partial charge is 0.279 e. The zero-order valence-corrected chi connectivity index (χ0v) is 16.9. The summed E-state index contributed by atoms with van der Waals surface area (Å²) in [5.41, 5.74) is 5.47. The molecule has 0 aromatic heterocycles. The molecule has 2 aliphatic rings. The molecule has 1 amide bonds. The first-order valence-corrected chi connectivity index (χ1v) is 9.76. The van der Waals surface area contributed by atoms with Crippen LogP contribution in [0.25, 0.3) is 0 Å². The molecule has 0 bridgehead atoms. The Labute approximate surface area is 166 Å². The van der Waals surface area contributed by atoms with E-state index in [1.165, 1.54) is 17.0 Å². The number of nitrogens with two attached hydrogens (primary N) is 1. The minimum Gasteiger partial charge on any atom is -0.365 e. The molecule has 2 atom stereocenters. The van der Waals surface area contributed by atoms with Crippen LogP contribution in [0.2, 0.25) is 0 Å². The number of nitrogens with zero attached hydrogens (tertiary/aromatic N) is 1. The number of nitrogens with one attached hydrogen (secondary N) is 3. The predicted molar refractivity (Wildman–Crippen MR) is 104 cm³/mol. The molecule has 1 aliphatic heterocycles. The summed E-state index contributed by atoms with van der Waals surface area (Å²) in [5, 5.41) is 8.92. The largest absolute Gasteiger partial charge is 0.365 e. The van der Waals surface area contributed by atoms with Crippen LogP contribution in [0.4, 0.5) is 18.9 Å². The number of benzene rings is 1. The fraction of sp³-hybridized carbons (Fsp3) is 0.500. The van der Waals surface area contributed by atoms with Crippen molar-refractivity contribution in [2.75, 3.05) is 26.0 Å². The van der Waals surface area contributed by atoms with Gasteiger partial charge in [-0.25, -0.2) is 13.2 Å². The Morgan fingerprint density at radius 1 is 1.32 bits per heavy atom. The van der Waals surface area contributed by atoms with E-state index in [1.54, 1.807) is 28.1 Å². The Hall–Kier alpha value is -1.75. The lowest BCUT2D eigenvalue weighted by molar-refractivity contribution is -0.114. The van der Waals surface area contributed by atoms with Crippen molar-refractivity contribution in [3.63, 3.8) is 0 Å². The van der Waals surface area contributed by atoms with Crippen molar-refractivity contribution in [1.29, 1.82) is 0 Å². The topological polar surface area (TPSA) is 82.4 Å². The quantitative estimate of drug-likeness (QED) is 0.532. The maximum absolute atomic E-state index is 14.9. The minimum absolute atomic E-state index is 0.159. The fourth-order valence-electron chi connectivity index (χ4n) is 4.22. The van der Waals surface area contributed by atoms with Gasteiger partial charge in [0.1, 0.15) is 11.5 Å². The second-order valence-corrected chi connectivity index (χ2v) is 8.10. The molecule has 1 aromatic carbocycles. The summed E-state index contributed by atoms with van der Waals surface area (Å²) in [4.78, 5) is 13.0. The second-order valence-electron chi connectivity index (χ2n) is 6.77. The molecule has 28 heavy (non-hydrogen) atoms. The molecule has 154 valence electrons. The molecule has 10 heteroatoms. The van der Waals surface area contributed by atoms with Crippen LogP contribution in [0.15, 0.2) is 22.7 Å². The maximum atomic E-state index is 14.9. The number of amides is 1. The van der Waals surface area contributed by atoms with Gasteiger partial charge in [0.15, 0.2) is 0 Å². The van der Waals surface area contributed by atoms with Crippen LogP contribution in [0.5, 0.6) is 0 Å². The van der Waals surface area contributed by atoms with Crippen LogP contribution in [0.1, 0.15) is 30.5 Å². The van der Waals surface area contributed by atoms with Crippen molar-refractivity contribution in [1.82, 2.24) is 16.0 Å². The average Bonchev–Trinajstić information content (AvgIpc) is 3.19. The van der Waals surface area contributed by atoms with E-state index in [-0.39, 0.29) is 10.9 Å². The van der Waals surface area contributed by atoms with Crippen molar-refractivity contribution in [2.45, 2.75) is 36.8 Å². The number of hydrogen-bond donors (Lipinski definition) is 4. The summed E-state index contributed by atoms with van der Waals surface area (Å²) in [5.74, 6) is -1.32. The molecule has 1 heterocycles. The van der Waals surface area contributed by atoms with Crippen LogP contribution in [0.3, 0.4) is 0 Å². The molecule has 0 spiro atoms. The van der Waals surface area contributed by atoms with E-state index in [2.05, 4.69) is 16.0 Å². The number of thioether (sulfide) groups is 1. The van der Waals surface area contributed by atoms with Crippen LogP contribution in [-0.2, 0) is 10.5 Å². The number of anilines is 1. The van der Waals surface area contributed by atoms with Gasteiger partial charge in [0, 0.05) is 29.3 Å². The van der Waals surface area contributed by atoms with Gasteiger partial charge < -0.3 is 16.0 Å². The van der Waals surface area contributed by atoms with E-state index in [9.17, 15) is 18.0 Å². The zero-order valence-electron chi connectivity index (χ0n) is 16.1. The zero-order chi connectivity index (χ0) is 20.8. The van der Waals surface area contributed by atoms with Gasteiger partial charge in [0.2, 0.25) is 0 Å². The van der Waals surface area contributed by atoms with Gasteiger partial charge in [0.25, 0.3) is 12.3 Å². The molecule has 3 rings (SSSR count). The first kappa shape index (κ1) is 21.0. The van der Waals surface area contributed by atoms with Crippen molar-refractivity contribution in [3.8, 4) is 0 Å². The number of hydrogen-bond acceptors (Lipinski definition) is 6. The highest BCUT2D eigenvalue weighted by atomic mass is 32.2. The molecule has 1 aromatic rings. The van der Waals surface area contributed by atoms with E-state index in [1.807, 2.05) is 0 Å². The minimum atomic E-state index is -2.89. The lowest BCUT2D eigenvalue weighted by Crippen LogP contribution is -2.50. The molecule has 0 radical (unpaired) electrons. The van der Waals surface area contributed by atoms with E-state index in [0.29, 0.717) is 23.2 Å². The number of alkyl halides is 2. The standard InChI is InChI=1S/C18H24F3N5OS/c1-8-26(14(16(20)21)15(28-8)17(22)27)11-6-5-9(19)13-12(11)10(23-2)7-18(13,24-3)25-4/h5-6,8,10,16,23-25H,7H2,1-4H3,(H2,22,27). The first-order valence-electron chi connectivity index (χ1n) is 8.88.